The monoisotopic (exact) mass is 315 g/mol. The van der Waals surface area contributed by atoms with Crippen molar-refractivity contribution < 1.29 is 4.79 Å². The molecule has 0 aliphatic carbocycles. The summed E-state index contributed by atoms with van der Waals surface area (Å²) in [5, 5.41) is 3.01. The predicted molar refractivity (Wildman–Crippen MR) is 99.9 cm³/mol. The van der Waals surface area contributed by atoms with Gasteiger partial charge in [-0.25, -0.2) is 0 Å². The fourth-order valence-electron chi connectivity index (χ4n) is 2.70. The summed E-state index contributed by atoms with van der Waals surface area (Å²) >= 11 is 0. The third kappa shape index (κ3) is 9.22. The van der Waals surface area contributed by atoms with Crippen LogP contribution in [-0.2, 0) is 6.42 Å². The number of nitrogens with one attached hydrogen (secondary N) is 1. The van der Waals surface area contributed by atoms with Crippen LogP contribution in [0.4, 0.5) is 0 Å². The second-order valence-corrected chi connectivity index (χ2v) is 6.27. The lowest BCUT2D eigenvalue weighted by Crippen LogP contribution is -2.24. The molecule has 0 aromatic heterocycles. The zero-order chi connectivity index (χ0) is 16.8. The van der Waals surface area contributed by atoms with Crippen molar-refractivity contribution in [1.29, 1.82) is 0 Å². The molecule has 0 aliphatic heterocycles. The Labute approximate surface area is 142 Å². The van der Waals surface area contributed by atoms with E-state index in [-0.39, 0.29) is 5.91 Å². The van der Waals surface area contributed by atoms with Crippen LogP contribution in [0.5, 0.6) is 0 Å². The number of carbonyl (C=O) groups excluding carboxylic acids is 1. The van der Waals surface area contributed by atoms with Gasteiger partial charge in [0.15, 0.2) is 0 Å². The van der Waals surface area contributed by atoms with Crippen molar-refractivity contribution in [2.75, 3.05) is 6.54 Å². The highest BCUT2D eigenvalue weighted by atomic mass is 16.1. The summed E-state index contributed by atoms with van der Waals surface area (Å²) < 4.78 is 0. The molecule has 0 bridgehead atoms. The predicted octanol–water partition coefficient (Wildman–Crippen LogP) is 5.68. The molecule has 1 aromatic carbocycles. The van der Waals surface area contributed by atoms with Gasteiger partial charge in [-0.15, -0.1) is 6.58 Å². The van der Waals surface area contributed by atoms with Crippen molar-refractivity contribution in [2.45, 2.75) is 71.1 Å². The number of amides is 1. The fraction of sp³-hybridized carbons (Fsp3) is 0.571. The van der Waals surface area contributed by atoms with Gasteiger partial charge in [-0.1, -0.05) is 76.5 Å². The zero-order valence-electron chi connectivity index (χ0n) is 14.8. The first kappa shape index (κ1) is 19.5. The lowest BCUT2D eigenvalue weighted by Gasteiger charge is -2.06. The first-order chi connectivity index (χ1) is 11.3. The van der Waals surface area contributed by atoms with Crippen molar-refractivity contribution in [2.24, 2.45) is 0 Å². The van der Waals surface area contributed by atoms with Gasteiger partial charge in [-0.05, 0) is 30.5 Å². The number of benzene rings is 1. The Morgan fingerprint density at radius 2 is 1.52 bits per heavy atom. The Hall–Kier alpha value is -1.57. The zero-order valence-corrected chi connectivity index (χ0v) is 14.8. The first-order valence-corrected chi connectivity index (χ1v) is 9.26. The van der Waals surface area contributed by atoms with Crippen LogP contribution in [-0.4, -0.2) is 12.5 Å². The Balaban J connectivity index is 2.04. The molecule has 23 heavy (non-hydrogen) atoms. The number of hydrogen-bond acceptors (Lipinski definition) is 1. The maximum atomic E-state index is 12.0. The molecule has 2 nitrogen and oxygen atoms in total. The van der Waals surface area contributed by atoms with E-state index in [4.69, 9.17) is 0 Å². The SMILES string of the molecule is C=CCc1ccc(C(=O)NCCCCCCCCCCC)cc1. The van der Waals surface area contributed by atoms with Crippen LogP contribution in [0, 0.1) is 0 Å². The number of allylic oxidation sites excluding steroid dienone is 1. The quantitative estimate of drug-likeness (QED) is 0.368. The van der Waals surface area contributed by atoms with Gasteiger partial charge < -0.3 is 5.32 Å². The molecule has 1 aromatic rings. The van der Waals surface area contributed by atoms with Gasteiger partial charge in [0.2, 0.25) is 0 Å². The second kappa shape index (κ2) is 12.9. The Bertz CT molecular complexity index is 436. The number of hydrogen-bond donors (Lipinski definition) is 1. The van der Waals surface area contributed by atoms with E-state index in [2.05, 4.69) is 18.8 Å². The van der Waals surface area contributed by atoms with Gasteiger partial charge in [0.25, 0.3) is 5.91 Å². The summed E-state index contributed by atoms with van der Waals surface area (Å²) in [4.78, 5) is 12.0. The molecule has 0 spiro atoms. The lowest BCUT2D eigenvalue weighted by atomic mass is 10.1. The molecule has 0 aliphatic rings. The molecule has 0 saturated heterocycles. The van der Waals surface area contributed by atoms with Gasteiger partial charge in [-0.2, -0.15) is 0 Å². The third-order valence-electron chi connectivity index (χ3n) is 4.16. The van der Waals surface area contributed by atoms with Gasteiger partial charge in [-0.3, -0.25) is 4.79 Å². The largest absolute Gasteiger partial charge is 0.352 e. The summed E-state index contributed by atoms with van der Waals surface area (Å²) in [6, 6.07) is 7.78. The van der Waals surface area contributed by atoms with Gasteiger partial charge in [0.1, 0.15) is 0 Å². The van der Waals surface area contributed by atoms with E-state index < -0.39 is 0 Å². The highest BCUT2D eigenvalue weighted by Crippen LogP contribution is 2.09. The van der Waals surface area contributed by atoms with Crippen LogP contribution >= 0.6 is 0 Å². The molecular weight excluding hydrogens is 282 g/mol. The molecule has 1 amide bonds. The van der Waals surface area contributed by atoms with Crippen molar-refractivity contribution in [3.8, 4) is 0 Å². The molecule has 0 radical (unpaired) electrons. The van der Waals surface area contributed by atoms with Gasteiger partial charge in [0.05, 0.1) is 0 Å². The molecule has 1 rings (SSSR count). The van der Waals surface area contributed by atoms with Crippen LogP contribution in [0.1, 0.15) is 80.6 Å². The van der Waals surface area contributed by atoms with E-state index in [1.54, 1.807) is 0 Å². The molecule has 0 heterocycles. The molecular formula is C21H33NO. The minimum absolute atomic E-state index is 0.0368. The summed E-state index contributed by atoms with van der Waals surface area (Å²) in [5.41, 5.74) is 1.93. The van der Waals surface area contributed by atoms with Crippen LogP contribution in [0.25, 0.3) is 0 Å². The minimum atomic E-state index is 0.0368. The summed E-state index contributed by atoms with van der Waals surface area (Å²) in [5.74, 6) is 0.0368. The maximum Gasteiger partial charge on any atom is 0.251 e. The molecule has 0 unspecified atom stereocenters. The van der Waals surface area contributed by atoms with E-state index in [0.717, 1.165) is 24.9 Å². The van der Waals surface area contributed by atoms with Crippen LogP contribution in [0.15, 0.2) is 36.9 Å². The topological polar surface area (TPSA) is 29.1 Å². The molecule has 0 saturated carbocycles. The molecule has 0 atom stereocenters. The number of carbonyl (C=O) groups is 1. The highest BCUT2D eigenvalue weighted by molar-refractivity contribution is 5.94. The Kier molecular flexibility index (Phi) is 10.9. The smallest absolute Gasteiger partial charge is 0.251 e. The average Bonchev–Trinajstić information content (AvgIpc) is 2.57. The molecule has 128 valence electrons. The van der Waals surface area contributed by atoms with Crippen LogP contribution in [0.2, 0.25) is 0 Å². The summed E-state index contributed by atoms with van der Waals surface area (Å²) in [7, 11) is 0. The second-order valence-electron chi connectivity index (χ2n) is 6.27. The summed E-state index contributed by atoms with van der Waals surface area (Å²) in [6.07, 6.45) is 14.5. The first-order valence-electron chi connectivity index (χ1n) is 9.26. The Morgan fingerprint density at radius 1 is 0.957 bits per heavy atom. The minimum Gasteiger partial charge on any atom is -0.352 e. The lowest BCUT2D eigenvalue weighted by molar-refractivity contribution is 0.0953. The summed E-state index contributed by atoms with van der Waals surface area (Å²) in [6.45, 7) is 6.76. The van der Waals surface area contributed by atoms with Crippen molar-refractivity contribution in [1.82, 2.24) is 5.32 Å². The fourth-order valence-corrected chi connectivity index (χ4v) is 2.70. The molecule has 0 fully saturated rings. The number of rotatable bonds is 13. The van der Waals surface area contributed by atoms with E-state index in [1.165, 1.54) is 56.9 Å². The van der Waals surface area contributed by atoms with Gasteiger partial charge >= 0.3 is 0 Å². The average molecular weight is 316 g/mol. The van der Waals surface area contributed by atoms with E-state index in [0.29, 0.717) is 0 Å². The maximum absolute atomic E-state index is 12.0. The van der Waals surface area contributed by atoms with Crippen molar-refractivity contribution in [3.05, 3.63) is 48.0 Å². The Morgan fingerprint density at radius 3 is 2.09 bits per heavy atom. The van der Waals surface area contributed by atoms with Crippen molar-refractivity contribution >= 4 is 5.91 Å². The molecule has 2 heteroatoms. The van der Waals surface area contributed by atoms with Crippen LogP contribution in [0.3, 0.4) is 0 Å². The van der Waals surface area contributed by atoms with E-state index in [1.807, 2.05) is 30.3 Å². The van der Waals surface area contributed by atoms with Gasteiger partial charge in [0, 0.05) is 12.1 Å². The van der Waals surface area contributed by atoms with Crippen LogP contribution < -0.4 is 5.32 Å². The number of unbranched alkanes of at least 4 members (excludes halogenated alkanes) is 8. The standard InChI is InChI=1S/C21H33NO/c1-3-5-6-7-8-9-10-11-12-18-22-21(23)20-16-14-19(13-4-2)15-17-20/h4,14-17H,2-3,5-13,18H2,1H3,(H,22,23). The highest BCUT2D eigenvalue weighted by Gasteiger charge is 2.04. The van der Waals surface area contributed by atoms with E-state index >= 15 is 0 Å². The normalized spacial score (nSPS) is 10.5. The van der Waals surface area contributed by atoms with E-state index in [9.17, 15) is 4.79 Å². The molecule has 1 N–H and O–H groups in total. The van der Waals surface area contributed by atoms with Crippen molar-refractivity contribution in [3.63, 3.8) is 0 Å². The third-order valence-corrected chi connectivity index (χ3v) is 4.16.